The van der Waals surface area contributed by atoms with Gasteiger partial charge in [-0.1, -0.05) is 48.5 Å². The molecule has 0 N–H and O–H groups in total. The largest absolute Gasteiger partial charge is 0.457 e. The Bertz CT molecular complexity index is 1420. The molecule has 2 aromatic carbocycles. The third-order valence-electron chi connectivity index (χ3n) is 6.00. The van der Waals surface area contributed by atoms with Crippen molar-refractivity contribution < 1.29 is 13.9 Å². The zero-order valence-electron chi connectivity index (χ0n) is 18.2. The molecule has 4 aromatic rings. The fourth-order valence-corrected chi connectivity index (χ4v) is 4.25. The number of carbonyl (C=O) groups is 1. The summed E-state index contributed by atoms with van der Waals surface area (Å²) in [6, 6.07) is 18.8. The van der Waals surface area contributed by atoms with Gasteiger partial charge in [-0.2, -0.15) is 0 Å². The second kappa shape index (κ2) is 8.46. The van der Waals surface area contributed by atoms with Crippen LogP contribution in [0.4, 0.5) is 4.79 Å². The lowest BCUT2D eigenvalue weighted by Crippen LogP contribution is -2.48. The SMILES string of the molecule is Cn1c2c(c(=O)n(Cc3ccccc3)c1=O)CN(C(=O)OCc1cc3ccccc3o1)CC2. The predicted molar refractivity (Wildman–Crippen MR) is 122 cm³/mol. The van der Waals surface area contributed by atoms with Crippen LogP contribution in [0.5, 0.6) is 0 Å². The number of benzene rings is 2. The first-order valence-electron chi connectivity index (χ1n) is 10.8. The summed E-state index contributed by atoms with van der Waals surface area (Å²) in [4.78, 5) is 40.2. The van der Waals surface area contributed by atoms with Gasteiger partial charge >= 0.3 is 11.8 Å². The Kier molecular flexibility index (Phi) is 5.34. The Labute approximate surface area is 189 Å². The van der Waals surface area contributed by atoms with E-state index in [1.807, 2.05) is 60.7 Å². The highest BCUT2D eigenvalue weighted by Gasteiger charge is 2.28. The van der Waals surface area contributed by atoms with Gasteiger partial charge in [-0.3, -0.25) is 9.36 Å². The lowest BCUT2D eigenvalue weighted by Gasteiger charge is -2.29. The van der Waals surface area contributed by atoms with Crippen molar-refractivity contribution in [1.82, 2.24) is 14.0 Å². The zero-order valence-corrected chi connectivity index (χ0v) is 18.2. The standard InChI is InChI=1S/C25H23N3O5/c1-26-21-11-12-27(25(31)32-16-19-13-18-9-5-6-10-22(18)33-19)15-20(21)23(29)28(24(26)30)14-17-7-3-2-4-8-17/h2-10,13H,11-12,14-16H2,1H3. The third-order valence-corrected chi connectivity index (χ3v) is 6.00. The van der Waals surface area contributed by atoms with Crippen LogP contribution >= 0.6 is 0 Å². The first kappa shape index (κ1) is 20.8. The summed E-state index contributed by atoms with van der Waals surface area (Å²) in [5, 5.41) is 0.940. The predicted octanol–water partition coefficient (Wildman–Crippen LogP) is 3.04. The molecule has 1 aliphatic rings. The Balaban J connectivity index is 1.35. The van der Waals surface area contributed by atoms with Crippen LogP contribution in [0.2, 0.25) is 0 Å². The molecule has 3 heterocycles. The van der Waals surface area contributed by atoms with E-state index in [0.29, 0.717) is 30.0 Å². The second-order valence-electron chi connectivity index (χ2n) is 8.12. The van der Waals surface area contributed by atoms with Crippen LogP contribution in [-0.4, -0.2) is 26.7 Å². The molecule has 0 saturated carbocycles. The maximum atomic E-state index is 13.2. The first-order valence-corrected chi connectivity index (χ1v) is 10.8. The molecular weight excluding hydrogens is 422 g/mol. The van der Waals surface area contributed by atoms with E-state index in [1.54, 1.807) is 7.05 Å². The maximum Gasteiger partial charge on any atom is 0.410 e. The summed E-state index contributed by atoms with van der Waals surface area (Å²) in [6.45, 7) is 0.635. The molecule has 0 radical (unpaired) electrons. The molecular formula is C25H23N3O5. The summed E-state index contributed by atoms with van der Waals surface area (Å²) in [7, 11) is 1.66. The number of nitrogens with zero attached hydrogens (tertiary/aromatic N) is 3. The van der Waals surface area contributed by atoms with Crippen molar-refractivity contribution in [2.75, 3.05) is 6.54 Å². The van der Waals surface area contributed by atoms with E-state index in [9.17, 15) is 14.4 Å². The van der Waals surface area contributed by atoms with E-state index in [4.69, 9.17) is 9.15 Å². The molecule has 0 spiro atoms. The number of furan rings is 1. The number of rotatable bonds is 4. The number of hydrogen-bond acceptors (Lipinski definition) is 5. The van der Waals surface area contributed by atoms with Crippen LogP contribution in [0, 0.1) is 0 Å². The average molecular weight is 445 g/mol. The fraction of sp³-hybridized carbons (Fsp3) is 0.240. The minimum Gasteiger partial charge on any atom is -0.457 e. The van der Waals surface area contributed by atoms with Gasteiger partial charge in [0, 0.05) is 31.1 Å². The quantitative estimate of drug-likeness (QED) is 0.482. The average Bonchev–Trinajstić information content (AvgIpc) is 3.27. The van der Waals surface area contributed by atoms with Crippen LogP contribution < -0.4 is 11.2 Å². The molecule has 0 aliphatic carbocycles. The van der Waals surface area contributed by atoms with Gasteiger partial charge in [0.2, 0.25) is 0 Å². The van der Waals surface area contributed by atoms with Crippen molar-refractivity contribution in [2.45, 2.75) is 26.1 Å². The highest BCUT2D eigenvalue weighted by atomic mass is 16.6. The summed E-state index contributed by atoms with van der Waals surface area (Å²) >= 11 is 0. The molecule has 0 saturated heterocycles. The van der Waals surface area contributed by atoms with E-state index in [2.05, 4.69) is 0 Å². The molecule has 0 fully saturated rings. The van der Waals surface area contributed by atoms with Gasteiger partial charge in [-0.05, 0) is 17.7 Å². The van der Waals surface area contributed by atoms with E-state index < -0.39 is 6.09 Å². The molecule has 0 bridgehead atoms. The van der Waals surface area contributed by atoms with Crippen molar-refractivity contribution in [3.8, 4) is 0 Å². The molecule has 0 atom stereocenters. The monoisotopic (exact) mass is 445 g/mol. The molecule has 0 unspecified atom stereocenters. The van der Waals surface area contributed by atoms with E-state index >= 15 is 0 Å². The topological polar surface area (TPSA) is 86.7 Å². The summed E-state index contributed by atoms with van der Waals surface area (Å²) in [5.41, 5.74) is 1.97. The first-order chi connectivity index (χ1) is 16.0. The van der Waals surface area contributed by atoms with Gasteiger partial charge in [0.25, 0.3) is 5.56 Å². The van der Waals surface area contributed by atoms with Crippen LogP contribution in [0.3, 0.4) is 0 Å². The minimum absolute atomic E-state index is 0.00237. The number of amides is 1. The van der Waals surface area contributed by atoms with Crippen LogP contribution in [-0.2, 0) is 37.9 Å². The van der Waals surface area contributed by atoms with E-state index in [1.165, 1.54) is 14.0 Å². The van der Waals surface area contributed by atoms with Gasteiger partial charge < -0.3 is 18.6 Å². The maximum absolute atomic E-state index is 13.2. The normalized spacial score (nSPS) is 13.2. The Morgan fingerprint density at radius 2 is 1.82 bits per heavy atom. The Morgan fingerprint density at radius 1 is 1.06 bits per heavy atom. The van der Waals surface area contributed by atoms with Gasteiger partial charge in [0.15, 0.2) is 6.61 Å². The van der Waals surface area contributed by atoms with Gasteiger partial charge in [-0.15, -0.1) is 0 Å². The van der Waals surface area contributed by atoms with E-state index in [-0.39, 0.29) is 30.9 Å². The number of hydrogen-bond donors (Lipinski definition) is 0. The lowest BCUT2D eigenvalue weighted by molar-refractivity contribution is 0.0855. The van der Waals surface area contributed by atoms with E-state index in [0.717, 1.165) is 16.5 Å². The van der Waals surface area contributed by atoms with Gasteiger partial charge in [0.1, 0.15) is 11.3 Å². The van der Waals surface area contributed by atoms with Crippen molar-refractivity contribution in [2.24, 2.45) is 7.05 Å². The molecule has 8 heteroatoms. The zero-order chi connectivity index (χ0) is 22.9. The Morgan fingerprint density at radius 3 is 2.61 bits per heavy atom. The second-order valence-corrected chi connectivity index (χ2v) is 8.12. The number of aromatic nitrogens is 2. The summed E-state index contributed by atoms with van der Waals surface area (Å²) in [6.07, 6.45) is -0.119. The number of carbonyl (C=O) groups excluding carboxylic acids is 1. The minimum atomic E-state index is -0.524. The Hall–Kier alpha value is -4.07. The van der Waals surface area contributed by atoms with Crippen molar-refractivity contribution in [1.29, 1.82) is 0 Å². The third kappa shape index (κ3) is 3.95. The number of fused-ring (bicyclic) bond motifs is 2. The number of ether oxygens (including phenoxy) is 1. The summed E-state index contributed by atoms with van der Waals surface area (Å²) < 4.78 is 13.9. The highest BCUT2D eigenvalue weighted by Crippen LogP contribution is 2.20. The van der Waals surface area contributed by atoms with Gasteiger partial charge in [0.05, 0.1) is 18.7 Å². The fourth-order valence-electron chi connectivity index (χ4n) is 4.25. The lowest BCUT2D eigenvalue weighted by atomic mass is 10.1. The smallest absolute Gasteiger partial charge is 0.410 e. The molecule has 168 valence electrons. The van der Waals surface area contributed by atoms with Crippen LogP contribution in [0.25, 0.3) is 11.0 Å². The number of para-hydroxylation sites is 1. The molecule has 2 aromatic heterocycles. The van der Waals surface area contributed by atoms with Crippen molar-refractivity contribution in [3.63, 3.8) is 0 Å². The van der Waals surface area contributed by atoms with Crippen LogP contribution in [0.15, 0.2) is 74.7 Å². The van der Waals surface area contributed by atoms with Crippen LogP contribution in [0.1, 0.15) is 22.6 Å². The molecule has 1 aliphatic heterocycles. The molecule has 33 heavy (non-hydrogen) atoms. The molecule has 8 nitrogen and oxygen atoms in total. The molecule has 1 amide bonds. The summed E-state index contributed by atoms with van der Waals surface area (Å²) in [5.74, 6) is 0.551. The van der Waals surface area contributed by atoms with Gasteiger partial charge in [-0.25, -0.2) is 9.59 Å². The van der Waals surface area contributed by atoms with Crippen molar-refractivity contribution >= 4 is 17.1 Å². The van der Waals surface area contributed by atoms with Crippen molar-refractivity contribution in [3.05, 3.63) is 104 Å². The molecule has 5 rings (SSSR count). The highest BCUT2D eigenvalue weighted by molar-refractivity contribution is 5.77.